The Morgan fingerprint density at radius 2 is 2.05 bits per heavy atom. The highest BCUT2D eigenvalue weighted by Crippen LogP contribution is 2.29. The van der Waals surface area contributed by atoms with Gasteiger partial charge in [0.25, 0.3) is 5.69 Å². The van der Waals surface area contributed by atoms with Crippen molar-refractivity contribution in [3.8, 4) is 5.75 Å². The van der Waals surface area contributed by atoms with Crippen LogP contribution in [0.15, 0.2) is 18.2 Å². The Morgan fingerprint density at radius 1 is 1.33 bits per heavy atom. The number of hydroxylamine groups is 2. The van der Waals surface area contributed by atoms with E-state index in [0.29, 0.717) is 18.8 Å². The molecule has 0 bridgehead atoms. The summed E-state index contributed by atoms with van der Waals surface area (Å²) in [6.07, 6.45) is 2.40. The molecule has 0 spiro atoms. The van der Waals surface area contributed by atoms with E-state index in [2.05, 4.69) is 5.32 Å². The third-order valence-corrected chi connectivity index (χ3v) is 3.16. The molecule has 1 fully saturated rings. The number of nitro benzene ring substituents is 1. The van der Waals surface area contributed by atoms with Crippen LogP contribution in [-0.2, 0) is 4.84 Å². The Labute approximate surface area is 121 Å². The largest absolute Gasteiger partial charge is 0.495 e. The second-order valence-corrected chi connectivity index (χ2v) is 4.64. The molecule has 1 heterocycles. The van der Waals surface area contributed by atoms with E-state index in [-0.39, 0.29) is 11.4 Å². The number of anilines is 1. The molecule has 1 amide bonds. The Morgan fingerprint density at radius 3 is 2.67 bits per heavy atom. The molecule has 1 aliphatic heterocycles. The standard InChI is InChI=1S/C13H17N3O5/c1-20-12-6-5-10(16(18)19)9-11(12)14-13(17)21-15-7-3-2-4-8-15/h5-6,9H,2-4,7-8H2,1H3,(H,14,17). The topological polar surface area (TPSA) is 93.9 Å². The van der Waals surface area contributed by atoms with Crippen molar-refractivity contribution in [2.75, 3.05) is 25.5 Å². The lowest BCUT2D eigenvalue weighted by Gasteiger charge is -2.24. The van der Waals surface area contributed by atoms with Crippen LogP contribution in [0.5, 0.6) is 5.75 Å². The fourth-order valence-electron chi connectivity index (χ4n) is 2.11. The molecule has 0 aliphatic carbocycles. The zero-order valence-corrected chi connectivity index (χ0v) is 11.7. The average Bonchev–Trinajstić information content (AvgIpc) is 2.48. The highest BCUT2D eigenvalue weighted by atomic mass is 16.7. The van der Waals surface area contributed by atoms with Crippen molar-refractivity contribution in [2.45, 2.75) is 19.3 Å². The van der Waals surface area contributed by atoms with Crippen LogP contribution >= 0.6 is 0 Å². The number of rotatable bonds is 4. The average molecular weight is 295 g/mol. The summed E-state index contributed by atoms with van der Waals surface area (Å²) in [5.41, 5.74) is 0.0674. The highest BCUT2D eigenvalue weighted by Gasteiger charge is 2.18. The maximum atomic E-state index is 11.8. The molecular formula is C13H17N3O5. The summed E-state index contributed by atoms with van der Waals surface area (Å²) in [6, 6.07) is 3.96. The number of nitrogens with one attached hydrogen (secondary N) is 1. The first-order valence-corrected chi connectivity index (χ1v) is 6.66. The van der Waals surface area contributed by atoms with Gasteiger partial charge in [0, 0.05) is 25.2 Å². The summed E-state index contributed by atoms with van der Waals surface area (Å²) in [4.78, 5) is 27.2. The van der Waals surface area contributed by atoms with Crippen LogP contribution in [0.4, 0.5) is 16.2 Å². The Hall–Kier alpha value is -2.35. The number of amides is 1. The smallest absolute Gasteiger partial charge is 0.430 e. The van der Waals surface area contributed by atoms with Gasteiger partial charge in [-0.1, -0.05) is 6.42 Å². The second-order valence-electron chi connectivity index (χ2n) is 4.64. The van der Waals surface area contributed by atoms with Crippen molar-refractivity contribution in [3.05, 3.63) is 28.3 Å². The number of nitro groups is 1. The van der Waals surface area contributed by atoms with Gasteiger partial charge in [0.15, 0.2) is 0 Å². The van der Waals surface area contributed by atoms with E-state index in [9.17, 15) is 14.9 Å². The summed E-state index contributed by atoms with van der Waals surface area (Å²) in [7, 11) is 1.42. The summed E-state index contributed by atoms with van der Waals surface area (Å²) in [6.45, 7) is 1.39. The molecule has 2 rings (SSSR count). The van der Waals surface area contributed by atoms with Gasteiger partial charge in [-0.05, 0) is 18.9 Å². The van der Waals surface area contributed by atoms with Gasteiger partial charge < -0.3 is 9.57 Å². The van der Waals surface area contributed by atoms with Crippen molar-refractivity contribution in [1.82, 2.24) is 5.06 Å². The first-order chi connectivity index (χ1) is 10.1. The summed E-state index contributed by atoms with van der Waals surface area (Å²) >= 11 is 0. The second kappa shape index (κ2) is 6.89. The van der Waals surface area contributed by atoms with Crippen molar-refractivity contribution in [2.24, 2.45) is 0 Å². The van der Waals surface area contributed by atoms with E-state index >= 15 is 0 Å². The first-order valence-electron chi connectivity index (χ1n) is 6.66. The number of hydrogen-bond donors (Lipinski definition) is 1. The fourth-order valence-corrected chi connectivity index (χ4v) is 2.11. The molecule has 0 saturated carbocycles. The molecule has 1 aliphatic rings. The summed E-state index contributed by atoms with van der Waals surface area (Å²) in [5.74, 6) is 0.330. The summed E-state index contributed by atoms with van der Waals surface area (Å²) < 4.78 is 5.06. The molecule has 0 atom stereocenters. The molecule has 1 saturated heterocycles. The number of ether oxygens (including phenoxy) is 1. The van der Waals surface area contributed by atoms with Crippen LogP contribution in [0.2, 0.25) is 0 Å². The lowest BCUT2D eigenvalue weighted by atomic mass is 10.2. The third-order valence-electron chi connectivity index (χ3n) is 3.16. The lowest BCUT2D eigenvalue weighted by molar-refractivity contribution is -0.384. The molecule has 1 N–H and O–H groups in total. The van der Waals surface area contributed by atoms with Gasteiger partial charge in [0.05, 0.1) is 17.7 Å². The molecule has 0 unspecified atom stereocenters. The quantitative estimate of drug-likeness (QED) is 0.677. The number of hydrogen-bond acceptors (Lipinski definition) is 6. The molecule has 8 heteroatoms. The van der Waals surface area contributed by atoms with Gasteiger partial charge in [-0.2, -0.15) is 0 Å². The van der Waals surface area contributed by atoms with Crippen LogP contribution in [0.3, 0.4) is 0 Å². The minimum atomic E-state index is -0.685. The lowest BCUT2D eigenvalue weighted by Crippen LogP contribution is -2.34. The van der Waals surface area contributed by atoms with E-state index in [4.69, 9.17) is 9.57 Å². The molecule has 1 aromatic rings. The molecule has 0 radical (unpaired) electrons. The Balaban J connectivity index is 2.04. The van der Waals surface area contributed by atoms with Crippen LogP contribution in [0, 0.1) is 10.1 Å². The van der Waals surface area contributed by atoms with E-state index in [1.165, 1.54) is 25.3 Å². The summed E-state index contributed by atoms with van der Waals surface area (Å²) in [5, 5.41) is 14.8. The Bertz CT molecular complexity index is 529. The van der Waals surface area contributed by atoms with E-state index in [1.54, 1.807) is 5.06 Å². The van der Waals surface area contributed by atoms with Gasteiger partial charge in [-0.25, -0.2) is 4.79 Å². The normalized spacial score (nSPS) is 15.3. The van der Waals surface area contributed by atoms with Crippen molar-refractivity contribution in [1.29, 1.82) is 0 Å². The van der Waals surface area contributed by atoms with E-state index in [1.807, 2.05) is 0 Å². The van der Waals surface area contributed by atoms with Crippen LogP contribution in [0.25, 0.3) is 0 Å². The van der Waals surface area contributed by atoms with Crippen molar-refractivity contribution >= 4 is 17.5 Å². The SMILES string of the molecule is COc1ccc([N+](=O)[O-])cc1NC(=O)ON1CCCCC1. The van der Waals surface area contributed by atoms with Gasteiger partial charge >= 0.3 is 6.09 Å². The molecule has 8 nitrogen and oxygen atoms in total. The van der Waals surface area contributed by atoms with Crippen molar-refractivity contribution < 1.29 is 19.3 Å². The van der Waals surface area contributed by atoms with Gasteiger partial charge in [-0.15, -0.1) is 5.06 Å². The number of nitrogens with zero attached hydrogens (tertiary/aromatic N) is 2. The third kappa shape index (κ3) is 4.06. The van der Waals surface area contributed by atoms with Crippen LogP contribution < -0.4 is 10.1 Å². The van der Waals surface area contributed by atoms with Gasteiger partial charge in [-0.3, -0.25) is 15.4 Å². The van der Waals surface area contributed by atoms with Crippen LogP contribution in [0.1, 0.15) is 19.3 Å². The number of non-ortho nitro benzene ring substituents is 1. The number of methoxy groups -OCH3 is 1. The first kappa shape index (κ1) is 15.0. The number of carbonyl (C=O) groups is 1. The van der Waals surface area contributed by atoms with Crippen LogP contribution in [-0.4, -0.2) is 36.3 Å². The maximum Gasteiger partial charge on any atom is 0.430 e. The highest BCUT2D eigenvalue weighted by molar-refractivity contribution is 5.87. The van der Waals surface area contributed by atoms with E-state index < -0.39 is 11.0 Å². The molecular weight excluding hydrogens is 278 g/mol. The zero-order chi connectivity index (χ0) is 15.2. The van der Waals surface area contributed by atoms with Gasteiger partial charge in [0.2, 0.25) is 0 Å². The predicted octanol–water partition coefficient (Wildman–Crippen LogP) is 2.55. The molecule has 114 valence electrons. The number of carbonyl (C=O) groups excluding carboxylic acids is 1. The molecule has 21 heavy (non-hydrogen) atoms. The fraction of sp³-hybridized carbons (Fsp3) is 0.462. The molecule has 0 aromatic heterocycles. The minimum Gasteiger partial charge on any atom is -0.495 e. The van der Waals surface area contributed by atoms with E-state index in [0.717, 1.165) is 19.3 Å². The maximum absolute atomic E-state index is 11.8. The number of piperidine rings is 1. The Kier molecular flexibility index (Phi) is 4.94. The van der Waals surface area contributed by atoms with Crippen molar-refractivity contribution in [3.63, 3.8) is 0 Å². The minimum absolute atomic E-state index is 0.135. The predicted molar refractivity (Wildman–Crippen MR) is 75.2 cm³/mol. The number of benzene rings is 1. The molecule has 1 aromatic carbocycles. The zero-order valence-electron chi connectivity index (χ0n) is 11.7. The monoisotopic (exact) mass is 295 g/mol. The van der Waals surface area contributed by atoms with Gasteiger partial charge in [0.1, 0.15) is 5.75 Å².